The van der Waals surface area contributed by atoms with Crippen molar-refractivity contribution in [2.75, 3.05) is 19.6 Å². The smallest absolute Gasteiger partial charge is 0.197 e. The van der Waals surface area contributed by atoms with Gasteiger partial charge in [0, 0.05) is 32.5 Å². The van der Waals surface area contributed by atoms with Gasteiger partial charge in [0.25, 0.3) is 0 Å². The number of rotatable bonds is 2. The number of piperidine rings is 1. The number of fused-ring (bicyclic) bond motifs is 1. The molecule has 2 aliphatic heterocycles. The molecule has 4 aliphatic rings. The van der Waals surface area contributed by atoms with Crippen LogP contribution in [0.15, 0.2) is 4.99 Å². The fourth-order valence-electron chi connectivity index (χ4n) is 5.00. The Morgan fingerprint density at radius 2 is 1.71 bits per heavy atom. The van der Waals surface area contributed by atoms with Gasteiger partial charge in [-0.1, -0.05) is 12.8 Å². The van der Waals surface area contributed by atoms with Crippen molar-refractivity contribution in [3.63, 3.8) is 0 Å². The van der Waals surface area contributed by atoms with Crippen molar-refractivity contribution in [3.05, 3.63) is 0 Å². The van der Waals surface area contributed by atoms with Crippen LogP contribution in [0.2, 0.25) is 0 Å². The van der Waals surface area contributed by atoms with Crippen LogP contribution >= 0.6 is 0 Å². The molecule has 0 aromatic heterocycles. The Hall–Kier alpha value is -1.13. The zero-order valence-electron chi connectivity index (χ0n) is 14.6. The number of Topliss-reactive ketones (excluding diaryl/α,β-unsaturated/α-hetero) is 1. The lowest BCUT2D eigenvalue weighted by atomic mass is 9.86. The van der Waals surface area contributed by atoms with Gasteiger partial charge in [0.2, 0.25) is 0 Å². The van der Waals surface area contributed by atoms with Crippen LogP contribution in [0.5, 0.6) is 0 Å². The maximum atomic E-state index is 13.5. The SMILES string of the molecule is O=C1CCN(C2=NC3CCCCC3N2CC2CCC(F)CC2)CC1. The molecule has 5 heteroatoms. The van der Waals surface area contributed by atoms with Gasteiger partial charge in [-0.15, -0.1) is 0 Å². The fraction of sp³-hybridized carbons (Fsp3) is 0.895. The first-order chi connectivity index (χ1) is 11.7. The second-order valence-corrected chi connectivity index (χ2v) is 8.14. The van der Waals surface area contributed by atoms with Gasteiger partial charge in [0.05, 0.1) is 12.1 Å². The number of hydrogen-bond acceptors (Lipinski definition) is 4. The summed E-state index contributed by atoms with van der Waals surface area (Å²) in [6, 6.07) is 0.998. The van der Waals surface area contributed by atoms with Crippen LogP contribution in [0, 0.1) is 5.92 Å². The summed E-state index contributed by atoms with van der Waals surface area (Å²) in [4.78, 5) is 21.6. The predicted octanol–water partition coefficient (Wildman–Crippen LogP) is 3.16. The van der Waals surface area contributed by atoms with E-state index in [0.717, 1.165) is 51.3 Å². The highest BCUT2D eigenvalue weighted by Gasteiger charge is 2.41. The van der Waals surface area contributed by atoms with E-state index < -0.39 is 6.17 Å². The number of guanidine groups is 1. The van der Waals surface area contributed by atoms with E-state index in [4.69, 9.17) is 4.99 Å². The fourth-order valence-corrected chi connectivity index (χ4v) is 5.00. The zero-order valence-corrected chi connectivity index (χ0v) is 14.6. The van der Waals surface area contributed by atoms with E-state index in [9.17, 15) is 9.18 Å². The van der Waals surface area contributed by atoms with E-state index in [2.05, 4.69) is 9.80 Å². The van der Waals surface area contributed by atoms with Crippen molar-refractivity contribution in [2.45, 2.75) is 82.5 Å². The van der Waals surface area contributed by atoms with Gasteiger partial charge in [0.15, 0.2) is 5.96 Å². The summed E-state index contributed by atoms with van der Waals surface area (Å²) in [6.07, 6.45) is 9.27. The summed E-state index contributed by atoms with van der Waals surface area (Å²) in [7, 11) is 0. The van der Waals surface area contributed by atoms with Gasteiger partial charge in [-0.25, -0.2) is 9.38 Å². The highest BCUT2D eigenvalue weighted by molar-refractivity contribution is 5.86. The monoisotopic (exact) mass is 335 g/mol. The second-order valence-electron chi connectivity index (χ2n) is 8.14. The molecule has 0 bridgehead atoms. The standard InChI is InChI=1S/C19H30FN3O/c20-15-7-5-14(6-8-15)13-23-18-4-2-1-3-17(18)21-19(23)22-11-9-16(24)10-12-22/h14-15,17-18H,1-13H2. The number of hydrogen-bond donors (Lipinski definition) is 0. The maximum Gasteiger partial charge on any atom is 0.197 e. The average Bonchev–Trinajstić information content (AvgIpc) is 2.96. The zero-order chi connectivity index (χ0) is 16.5. The second kappa shape index (κ2) is 7.01. The Morgan fingerprint density at radius 3 is 2.46 bits per heavy atom. The number of nitrogens with zero attached hydrogens (tertiary/aromatic N) is 3. The number of halogens is 1. The van der Waals surface area contributed by atoms with Crippen LogP contribution in [0.1, 0.15) is 64.2 Å². The topological polar surface area (TPSA) is 35.9 Å². The van der Waals surface area contributed by atoms with Crippen LogP contribution in [0.4, 0.5) is 4.39 Å². The molecule has 0 N–H and O–H groups in total. The van der Waals surface area contributed by atoms with Crippen LogP contribution < -0.4 is 0 Å². The number of likely N-dealkylation sites (tertiary alicyclic amines) is 1. The molecule has 2 heterocycles. The van der Waals surface area contributed by atoms with Crippen LogP contribution in [-0.4, -0.2) is 59.4 Å². The number of aliphatic imine (C=N–C) groups is 1. The van der Waals surface area contributed by atoms with Crippen molar-refractivity contribution in [2.24, 2.45) is 10.9 Å². The summed E-state index contributed by atoms with van der Waals surface area (Å²) in [5, 5.41) is 0. The first kappa shape index (κ1) is 16.3. The molecule has 0 spiro atoms. The minimum Gasteiger partial charge on any atom is -0.342 e. The number of carbonyl (C=O) groups is 1. The third-order valence-electron chi connectivity index (χ3n) is 6.47. The number of alkyl halides is 1. The summed E-state index contributed by atoms with van der Waals surface area (Å²) >= 11 is 0. The molecule has 134 valence electrons. The molecule has 0 aromatic carbocycles. The third kappa shape index (κ3) is 3.31. The van der Waals surface area contributed by atoms with E-state index in [0.29, 0.717) is 36.6 Å². The van der Waals surface area contributed by atoms with E-state index in [1.165, 1.54) is 25.7 Å². The average molecular weight is 335 g/mol. The third-order valence-corrected chi connectivity index (χ3v) is 6.47. The number of carbonyl (C=O) groups excluding carboxylic acids is 1. The molecule has 1 saturated heterocycles. The Labute approximate surface area is 144 Å². The molecule has 4 nitrogen and oxygen atoms in total. The van der Waals surface area contributed by atoms with Gasteiger partial charge in [-0.2, -0.15) is 0 Å². The van der Waals surface area contributed by atoms with Gasteiger partial charge < -0.3 is 9.80 Å². The predicted molar refractivity (Wildman–Crippen MR) is 92.9 cm³/mol. The van der Waals surface area contributed by atoms with E-state index in [-0.39, 0.29) is 0 Å². The molecule has 2 atom stereocenters. The lowest BCUT2D eigenvalue weighted by Crippen LogP contribution is -2.51. The largest absolute Gasteiger partial charge is 0.342 e. The van der Waals surface area contributed by atoms with Crippen LogP contribution in [-0.2, 0) is 4.79 Å². The van der Waals surface area contributed by atoms with Crippen molar-refractivity contribution in [1.29, 1.82) is 0 Å². The lowest BCUT2D eigenvalue weighted by Gasteiger charge is -2.40. The molecular weight excluding hydrogens is 305 g/mol. The van der Waals surface area contributed by atoms with E-state index in [1.54, 1.807) is 0 Å². The lowest BCUT2D eigenvalue weighted by molar-refractivity contribution is -0.120. The van der Waals surface area contributed by atoms with E-state index in [1.807, 2.05) is 0 Å². The first-order valence-electron chi connectivity index (χ1n) is 9.96. The van der Waals surface area contributed by atoms with Gasteiger partial charge in [-0.3, -0.25) is 4.79 Å². The van der Waals surface area contributed by atoms with Gasteiger partial charge >= 0.3 is 0 Å². The maximum absolute atomic E-state index is 13.5. The Bertz CT molecular complexity index is 491. The van der Waals surface area contributed by atoms with Gasteiger partial charge in [0.1, 0.15) is 12.0 Å². The summed E-state index contributed by atoms with van der Waals surface area (Å²) in [6.45, 7) is 2.69. The minimum atomic E-state index is -0.580. The normalized spacial score (nSPS) is 37.4. The van der Waals surface area contributed by atoms with Crippen molar-refractivity contribution >= 4 is 11.7 Å². The summed E-state index contributed by atoms with van der Waals surface area (Å²) in [5.74, 6) is 2.14. The van der Waals surface area contributed by atoms with Crippen molar-refractivity contribution in [3.8, 4) is 0 Å². The van der Waals surface area contributed by atoms with Crippen LogP contribution in [0.25, 0.3) is 0 Å². The molecule has 2 aliphatic carbocycles. The van der Waals surface area contributed by atoms with Crippen LogP contribution in [0.3, 0.4) is 0 Å². The molecule has 24 heavy (non-hydrogen) atoms. The van der Waals surface area contributed by atoms with Crippen molar-refractivity contribution in [1.82, 2.24) is 9.80 Å². The molecule has 2 saturated carbocycles. The number of ketones is 1. The summed E-state index contributed by atoms with van der Waals surface area (Å²) in [5.41, 5.74) is 0. The van der Waals surface area contributed by atoms with Crippen molar-refractivity contribution < 1.29 is 9.18 Å². The molecule has 4 rings (SSSR count). The van der Waals surface area contributed by atoms with Gasteiger partial charge in [-0.05, 0) is 44.4 Å². The Morgan fingerprint density at radius 1 is 1.00 bits per heavy atom. The highest BCUT2D eigenvalue weighted by atomic mass is 19.1. The summed E-state index contributed by atoms with van der Waals surface area (Å²) < 4.78 is 13.5. The molecular formula is C19H30FN3O. The molecule has 3 fully saturated rings. The molecule has 0 radical (unpaired) electrons. The molecule has 0 amide bonds. The first-order valence-corrected chi connectivity index (χ1v) is 9.96. The molecule has 2 unspecified atom stereocenters. The van der Waals surface area contributed by atoms with E-state index >= 15 is 0 Å². The minimum absolute atomic E-state index is 0.384. The Balaban J connectivity index is 1.47. The highest BCUT2D eigenvalue weighted by Crippen LogP contribution is 2.35. The Kier molecular flexibility index (Phi) is 4.77. The molecule has 0 aromatic rings. The quantitative estimate of drug-likeness (QED) is 0.778.